The normalized spacial score (nSPS) is 12.5. The molecule has 0 aliphatic rings. The van der Waals surface area contributed by atoms with Gasteiger partial charge in [0.05, 0.1) is 27.7 Å². The predicted molar refractivity (Wildman–Crippen MR) is 104 cm³/mol. The fourth-order valence-corrected chi connectivity index (χ4v) is 3.35. The van der Waals surface area contributed by atoms with Crippen molar-refractivity contribution >= 4 is 22.5 Å². The number of benzene rings is 2. The molecule has 0 amide bonds. The molecule has 3 rings (SSSR count). The second kappa shape index (κ2) is 7.38. The lowest BCUT2D eigenvalue weighted by atomic mass is 10.1. The van der Waals surface area contributed by atoms with Gasteiger partial charge in [-0.2, -0.15) is 0 Å². The molecule has 130 valence electrons. The van der Waals surface area contributed by atoms with E-state index in [0.717, 1.165) is 24.1 Å². The van der Waals surface area contributed by atoms with Crippen LogP contribution < -0.4 is 11.3 Å². The van der Waals surface area contributed by atoms with E-state index < -0.39 is 0 Å². The SMILES string of the molecule is CCCc1ccc2nc([C@@H](N)CC)n(-c3ccccc3)c(=O)c2c1Cl. The number of aryl methyl sites for hydroxylation is 1. The van der Waals surface area contributed by atoms with Crippen molar-refractivity contribution in [2.45, 2.75) is 39.2 Å². The van der Waals surface area contributed by atoms with Gasteiger partial charge in [0.15, 0.2) is 0 Å². The maximum Gasteiger partial charge on any atom is 0.267 e. The van der Waals surface area contributed by atoms with E-state index in [2.05, 4.69) is 6.92 Å². The first-order valence-electron chi connectivity index (χ1n) is 8.63. The van der Waals surface area contributed by atoms with Crippen LogP contribution >= 0.6 is 11.6 Å². The van der Waals surface area contributed by atoms with Crippen molar-refractivity contribution in [3.63, 3.8) is 0 Å². The number of rotatable bonds is 5. The molecule has 0 aliphatic heterocycles. The average molecular weight is 356 g/mol. The number of halogens is 1. The fraction of sp³-hybridized carbons (Fsp3) is 0.300. The van der Waals surface area contributed by atoms with Gasteiger partial charge in [0.1, 0.15) is 5.82 Å². The number of aromatic nitrogens is 2. The third-order valence-electron chi connectivity index (χ3n) is 4.39. The van der Waals surface area contributed by atoms with E-state index >= 15 is 0 Å². The molecule has 0 bridgehead atoms. The zero-order chi connectivity index (χ0) is 18.0. The molecule has 3 aromatic rings. The van der Waals surface area contributed by atoms with E-state index in [1.54, 1.807) is 4.57 Å². The number of hydrogen-bond donors (Lipinski definition) is 1. The number of nitrogens with two attached hydrogens (primary N) is 1. The highest BCUT2D eigenvalue weighted by molar-refractivity contribution is 6.36. The molecule has 2 N–H and O–H groups in total. The van der Waals surface area contributed by atoms with Gasteiger partial charge in [-0.1, -0.05) is 56.1 Å². The molecule has 2 aromatic carbocycles. The molecule has 1 aromatic heterocycles. The summed E-state index contributed by atoms with van der Waals surface area (Å²) in [5.74, 6) is 0.561. The number of fused-ring (bicyclic) bond motifs is 1. The van der Waals surface area contributed by atoms with Gasteiger partial charge < -0.3 is 5.73 Å². The van der Waals surface area contributed by atoms with Crippen LogP contribution in [0.15, 0.2) is 47.3 Å². The molecule has 0 saturated heterocycles. The van der Waals surface area contributed by atoms with Crippen molar-refractivity contribution < 1.29 is 0 Å². The summed E-state index contributed by atoms with van der Waals surface area (Å²) >= 11 is 6.57. The van der Waals surface area contributed by atoms with Crippen LogP contribution in [0.3, 0.4) is 0 Å². The molecular formula is C20H22ClN3O. The summed E-state index contributed by atoms with van der Waals surface area (Å²) in [6, 6.07) is 12.9. The van der Waals surface area contributed by atoms with E-state index in [4.69, 9.17) is 22.3 Å². The lowest BCUT2D eigenvalue weighted by Crippen LogP contribution is -2.28. The molecule has 1 heterocycles. The smallest absolute Gasteiger partial charge is 0.267 e. The lowest BCUT2D eigenvalue weighted by molar-refractivity contribution is 0.623. The van der Waals surface area contributed by atoms with Crippen LogP contribution in [0.1, 0.15) is 44.1 Å². The van der Waals surface area contributed by atoms with Gasteiger partial charge in [0.25, 0.3) is 5.56 Å². The number of nitrogens with zero attached hydrogens (tertiary/aromatic N) is 2. The Bertz CT molecular complexity index is 951. The summed E-state index contributed by atoms with van der Waals surface area (Å²) in [7, 11) is 0. The standard InChI is InChI=1S/C20H22ClN3O/c1-3-8-13-11-12-16-17(18(13)21)20(25)24(14-9-6-5-7-10-14)19(23-16)15(22)4-2/h5-7,9-12,15H,3-4,8,22H2,1-2H3/t15-/m0/s1. The van der Waals surface area contributed by atoms with Gasteiger partial charge in [-0.05, 0) is 36.6 Å². The first kappa shape index (κ1) is 17.6. The average Bonchev–Trinajstić information content (AvgIpc) is 2.63. The minimum Gasteiger partial charge on any atom is -0.321 e. The third kappa shape index (κ3) is 3.20. The Morgan fingerprint density at radius 2 is 1.88 bits per heavy atom. The molecule has 0 saturated carbocycles. The van der Waals surface area contributed by atoms with E-state index in [-0.39, 0.29) is 11.6 Å². The largest absolute Gasteiger partial charge is 0.321 e. The van der Waals surface area contributed by atoms with Gasteiger partial charge in [-0.15, -0.1) is 0 Å². The summed E-state index contributed by atoms with van der Waals surface area (Å²) in [5, 5.41) is 0.960. The van der Waals surface area contributed by atoms with E-state index in [9.17, 15) is 4.79 Å². The Morgan fingerprint density at radius 3 is 2.52 bits per heavy atom. The van der Waals surface area contributed by atoms with Gasteiger partial charge in [-0.25, -0.2) is 4.98 Å². The summed E-state index contributed by atoms with van der Waals surface area (Å²) in [6.45, 7) is 4.07. The third-order valence-corrected chi connectivity index (χ3v) is 4.82. The lowest BCUT2D eigenvalue weighted by Gasteiger charge is -2.18. The highest BCUT2D eigenvalue weighted by atomic mass is 35.5. The van der Waals surface area contributed by atoms with Crippen LogP contribution in [0.4, 0.5) is 0 Å². The molecular weight excluding hydrogens is 334 g/mol. The van der Waals surface area contributed by atoms with E-state index in [0.29, 0.717) is 28.2 Å². The molecule has 0 fully saturated rings. The molecule has 0 radical (unpaired) electrons. The Kier molecular flexibility index (Phi) is 5.21. The maximum atomic E-state index is 13.3. The van der Waals surface area contributed by atoms with Crippen LogP contribution in [0.5, 0.6) is 0 Å². The van der Waals surface area contributed by atoms with Gasteiger partial charge in [0.2, 0.25) is 0 Å². The first-order valence-corrected chi connectivity index (χ1v) is 9.01. The summed E-state index contributed by atoms with van der Waals surface area (Å²) in [6.07, 6.45) is 2.48. The quantitative estimate of drug-likeness (QED) is 0.737. The number of para-hydroxylation sites is 1. The van der Waals surface area contributed by atoms with Crippen molar-refractivity contribution in [3.8, 4) is 5.69 Å². The van der Waals surface area contributed by atoms with Crippen molar-refractivity contribution in [3.05, 3.63) is 69.2 Å². The zero-order valence-electron chi connectivity index (χ0n) is 14.5. The van der Waals surface area contributed by atoms with Gasteiger partial charge in [0, 0.05) is 0 Å². The fourth-order valence-electron chi connectivity index (χ4n) is 3.02. The van der Waals surface area contributed by atoms with Crippen LogP contribution in [0.2, 0.25) is 5.02 Å². The van der Waals surface area contributed by atoms with Crippen LogP contribution in [-0.4, -0.2) is 9.55 Å². The Morgan fingerprint density at radius 1 is 1.16 bits per heavy atom. The summed E-state index contributed by atoms with van der Waals surface area (Å²) in [4.78, 5) is 18.0. The topological polar surface area (TPSA) is 60.9 Å². The van der Waals surface area contributed by atoms with Crippen LogP contribution in [-0.2, 0) is 6.42 Å². The van der Waals surface area contributed by atoms with Gasteiger partial charge in [-0.3, -0.25) is 9.36 Å². The monoisotopic (exact) mass is 355 g/mol. The Hall–Kier alpha value is -2.17. The minimum absolute atomic E-state index is 0.168. The van der Waals surface area contributed by atoms with Gasteiger partial charge >= 0.3 is 0 Å². The first-order chi connectivity index (χ1) is 12.1. The minimum atomic E-state index is -0.327. The predicted octanol–water partition coefficient (Wildman–Crippen LogP) is 4.40. The van der Waals surface area contributed by atoms with Crippen LogP contribution in [0.25, 0.3) is 16.6 Å². The summed E-state index contributed by atoms with van der Waals surface area (Å²) in [5.41, 5.74) is 8.41. The van der Waals surface area contributed by atoms with Crippen molar-refractivity contribution in [1.82, 2.24) is 9.55 Å². The molecule has 25 heavy (non-hydrogen) atoms. The maximum absolute atomic E-state index is 13.3. The Balaban J connectivity index is 2.40. The van der Waals surface area contributed by atoms with E-state index in [1.165, 1.54) is 0 Å². The molecule has 4 nitrogen and oxygen atoms in total. The molecule has 0 aliphatic carbocycles. The summed E-state index contributed by atoms with van der Waals surface area (Å²) < 4.78 is 1.60. The van der Waals surface area contributed by atoms with Crippen LogP contribution in [0, 0.1) is 0 Å². The van der Waals surface area contributed by atoms with E-state index in [1.807, 2.05) is 49.4 Å². The molecule has 5 heteroatoms. The highest BCUT2D eigenvalue weighted by Gasteiger charge is 2.19. The van der Waals surface area contributed by atoms with Crippen molar-refractivity contribution in [2.24, 2.45) is 5.73 Å². The molecule has 1 atom stereocenters. The second-order valence-corrected chi connectivity index (χ2v) is 6.52. The van der Waals surface area contributed by atoms with Crippen molar-refractivity contribution in [1.29, 1.82) is 0 Å². The highest BCUT2D eigenvalue weighted by Crippen LogP contribution is 2.27. The Labute approximate surface area is 152 Å². The van der Waals surface area contributed by atoms with Crippen molar-refractivity contribution in [2.75, 3.05) is 0 Å². The molecule has 0 unspecified atom stereocenters. The molecule has 0 spiro atoms. The number of hydrogen-bond acceptors (Lipinski definition) is 3. The zero-order valence-corrected chi connectivity index (χ0v) is 15.3. The second-order valence-electron chi connectivity index (χ2n) is 6.14.